The molecule has 22 heavy (non-hydrogen) atoms. The highest BCUT2D eigenvalue weighted by molar-refractivity contribution is 7.10. The van der Waals surface area contributed by atoms with E-state index in [9.17, 15) is 0 Å². The van der Waals surface area contributed by atoms with E-state index in [1.807, 2.05) is 18.4 Å². The van der Waals surface area contributed by atoms with Gasteiger partial charge in [0.2, 0.25) is 0 Å². The third kappa shape index (κ3) is 2.15. The summed E-state index contributed by atoms with van der Waals surface area (Å²) >= 11 is 1.88. The van der Waals surface area contributed by atoms with Crippen molar-refractivity contribution in [2.45, 2.75) is 43.9 Å². The number of hydrogen-bond donors (Lipinski definition) is 0. The Hall–Kier alpha value is -1.16. The van der Waals surface area contributed by atoms with Crippen LogP contribution in [0.5, 0.6) is 0 Å². The molecule has 116 valence electrons. The summed E-state index contributed by atoms with van der Waals surface area (Å²) in [6.07, 6.45) is 3.71. The third-order valence-electron chi connectivity index (χ3n) is 5.58. The molecule has 3 unspecified atom stereocenters. The molecule has 2 aliphatic rings. The standard InChI is InChI=1S/C19H23NOS/c1-19(10-9-14-6-3-4-7-16(14)19)20-13-15(12-18(20)21-2)17-8-5-11-22-17/h3-8,11,15,18H,9-10,12-13H2,1-2H3. The molecule has 0 radical (unpaired) electrons. The molecule has 1 aliphatic heterocycles. The van der Waals surface area contributed by atoms with Crippen LogP contribution < -0.4 is 0 Å². The van der Waals surface area contributed by atoms with E-state index in [0.717, 1.165) is 13.0 Å². The van der Waals surface area contributed by atoms with Gasteiger partial charge < -0.3 is 4.74 Å². The molecule has 1 aromatic heterocycles. The summed E-state index contributed by atoms with van der Waals surface area (Å²) in [4.78, 5) is 4.11. The number of ether oxygens (including phenoxy) is 1. The number of methoxy groups -OCH3 is 1. The Bertz CT molecular complexity index is 653. The molecule has 1 saturated heterocycles. The Kier molecular flexibility index (Phi) is 3.60. The smallest absolute Gasteiger partial charge is 0.111 e. The predicted molar refractivity (Wildman–Crippen MR) is 91.3 cm³/mol. The van der Waals surface area contributed by atoms with Crippen LogP contribution in [0.3, 0.4) is 0 Å². The van der Waals surface area contributed by atoms with E-state index in [-0.39, 0.29) is 11.8 Å². The van der Waals surface area contributed by atoms with Crippen molar-refractivity contribution >= 4 is 11.3 Å². The van der Waals surface area contributed by atoms with Gasteiger partial charge in [-0.1, -0.05) is 30.3 Å². The van der Waals surface area contributed by atoms with Crippen LogP contribution in [0.4, 0.5) is 0 Å². The van der Waals surface area contributed by atoms with Crippen LogP contribution in [0, 0.1) is 0 Å². The van der Waals surface area contributed by atoms with Gasteiger partial charge in [-0.05, 0) is 48.8 Å². The van der Waals surface area contributed by atoms with Crippen LogP contribution in [0.1, 0.15) is 41.7 Å². The molecule has 4 rings (SSSR count). The Morgan fingerprint density at radius 3 is 2.86 bits per heavy atom. The number of fused-ring (bicyclic) bond motifs is 1. The van der Waals surface area contributed by atoms with Crippen molar-refractivity contribution < 1.29 is 4.74 Å². The lowest BCUT2D eigenvalue weighted by Crippen LogP contribution is -2.46. The second-order valence-electron chi connectivity index (χ2n) is 6.72. The van der Waals surface area contributed by atoms with Gasteiger partial charge >= 0.3 is 0 Å². The van der Waals surface area contributed by atoms with E-state index in [1.165, 1.54) is 28.8 Å². The van der Waals surface area contributed by atoms with E-state index in [2.05, 4.69) is 53.6 Å². The molecule has 0 amide bonds. The first-order valence-electron chi connectivity index (χ1n) is 8.14. The van der Waals surface area contributed by atoms with E-state index in [1.54, 1.807) is 0 Å². The molecule has 0 N–H and O–H groups in total. The summed E-state index contributed by atoms with van der Waals surface area (Å²) in [5.74, 6) is 0.606. The Morgan fingerprint density at radius 1 is 1.23 bits per heavy atom. The molecule has 1 aromatic carbocycles. The summed E-state index contributed by atoms with van der Waals surface area (Å²) in [6, 6.07) is 13.4. The zero-order valence-corrected chi connectivity index (χ0v) is 14.1. The van der Waals surface area contributed by atoms with Gasteiger partial charge in [0.1, 0.15) is 6.23 Å². The molecule has 2 aromatic rings. The molecular formula is C19H23NOS. The number of aryl methyl sites for hydroxylation is 1. The highest BCUT2D eigenvalue weighted by Crippen LogP contribution is 2.47. The van der Waals surface area contributed by atoms with Crippen LogP contribution in [-0.2, 0) is 16.7 Å². The monoisotopic (exact) mass is 313 g/mol. The lowest BCUT2D eigenvalue weighted by atomic mass is 9.92. The van der Waals surface area contributed by atoms with Gasteiger partial charge in [0.15, 0.2) is 0 Å². The van der Waals surface area contributed by atoms with E-state index >= 15 is 0 Å². The fourth-order valence-electron chi connectivity index (χ4n) is 4.35. The van der Waals surface area contributed by atoms with Gasteiger partial charge in [0.05, 0.1) is 0 Å². The predicted octanol–water partition coefficient (Wildman–Crippen LogP) is 4.37. The fourth-order valence-corrected chi connectivity index (χ4v) is 5.18. The molecule has 1 fully saturated rings. The van der Waals surface area contributed by atoms with Crippen molar-refractivity contribution in [3.05, 3.63) is 57.8 Å². The van der Waals surface area contributed by atoms with Gasteiger partial charge in [-0.15, -0.1) is 11.3 Å². The number of thiophene rings is 1. The summed E-state index contributed by atoms with van der Waals surface area (Å²) in [6.45, 7) is 3.51. The van der Waals surface area contributed by atoms with Crippen molar-refractivity contribution in [1.29, 1.82) is 0 Å². The molecule has 2 nitrogen and oxygen atoms in total. The lowest BCUT2D eigenvalue weighted by molar-refractivity contribution is -0.0615. The first-order valence-corrected chi connectivity index (χ1v) is 9.01. The van der Waals surface area contributed by atoms with Crippen LogP contribution in [-0.4, -0.2) is 24.8 Å². The van der Waals surface area contributed by atoms with Gasteiger partial charge in [-0.3, -0.25) is 4.90 Å². The van der Waals surface area contributed by atoms with Crippen molar-refractivity contribution in [3.63, 3.8) is 0 Å². The fraction of sp³-hybridized carbons (Fsp3) is 0.474. The number of likely N-dealkylation sites (tertiary alicyclic amines) is 1. The first kappa shape index (κ1) is 14.4. The number of nitrogens with zero attached hydrogens (tertiary/aromatic N) is 1. The highest BCUT2D eigenvalue weighted by atomic mass is 32.1. The summed E-state index contributed by atoms with van der Waals surface area (Å²) in [7, 11) is 1.86. The minimum atomic E-state index is 0.114. The number of hydrogen-bond acceptors (Lipinski definition) is 3. The SMILES string of the molecule is COC1CC(c2cccs2)CN1C1(C)CCc2ccccc21. The van der Waals surface area contributed by atoms with Gasteiger partial charge in [0.25, 0.3) is 0 Å². The second kappa shape index (κ2) is 5.48. The minimum Gasteiger partial charge on any atom is -0.366 e. The largest absolute Gasteiger partial charge is 0.366 e. The lowest BCUT2D eigenvalue weighted by Gasteiger charge is -2.40. The maximum absolute atomic E-state index is 5.88. The van der Waals surface area contributed by atoms with Gasteiger partial charge in [0, 0.05) is 30.0 Å². The zero-order valence-electron chi connectivity index (χ0n) is 13.3. The number of rotatable bonds is 3. The first-order chi connectivity index (χ1) is 10.7. The molecule has 0 bridgehead atoms. The highest BCUT2D eigenvalue weighted by Gasteiger charge is 2.47. The maximum atomic E-state index is 5.88. The van der Waals surface area contributed by atoms with Crippen molar-refractivity contribution in [2.24, 2.45) is 0 Å². The molecule has 2 heterocycles. The van der Waals surface area contributed by atoms with Crippen molar-refractivity contribution in [1.82, 2.24) is 4.90 Å². The molecule has 3 heteroatoms. The average Bonchev–Trinajstić information content (AvgIpc) is 3.26. The Morgan fingerprint density at radius 2 is 2.09 bits per heavy atom. The van der Waals surface area contributed by atoms with E-state index in [0.29, 0.717) is 5.92 Å². The molecule has 0 saturated carbocycles. The van der Waals surface area contributed by atoms with Gasteiger partial charge in [-0.25, -0.2) is 0 Å². The zero-order chi connectivity index (χ0) is 15.2. The van der Waals surface area contributed by atoms with Crippen molar-refractivity contribution in [3.8, 4) is 0 Å². The second-order valence-corrected chi connectivity index (χ2v) is 7.70. The van der Waals surface area contributed by atoms with Crippen LogP contribution in [0.15, 0.2) is 41.8 Å². The average molecular weight is 313 g/mol. The topological polar surface area (TPSA) is 12.5 Å². The Labute approximate surface area is 136 Å². The number of benzene rings is 1. The molecule has 1 aliphatic carbocycles. The summed E-state index contributed by atoms with van der Waals surface area (Å²) < 4.78 is 5.88. The Balaban J connectivity index is 1.67. The molecule has 3 atom stereocenters. The maximum Gasteiger partial charge on any atom is 0.111 e. The minimum absolute atomic E-state index is 0.114. The molecular weight excluding hydrogens is 290 g/mol. The van der Waals surface area contributed by atoms with E-state index < -0.39 is 0 Å². The van der Waals surface area contributed by atoms with E-state index in [4.69, 9.17) is 4.74 Å². The third-order valence-corrected chi connectivity index (χ3v) is 6.62. The normalized spacial score (nSPS) is 31.5. The molecule has 0 spiro atoms. The summed E-state index contributed by atoms with van der Waals surface area (Å²) in [5, 5.41) is 2.19. The van der Waals surface area contributed by atoms with Gasteiger partial charge in [-0.2, -0.15) is 0 Å². The van der Waals surface area contributed by atoms with Crippen LogP contribution in [0.2, 0.25) is 0 Å². The van der Waals surface area contributed by atoms with Crippen LogP contribution >= 0.6 is 11.3 Å². The van der Waals surface area contributed by atoms with Crippen LogP contribution in [0.25, 0.3) is 0 Å². The van der Waals surface area contributed by atoms with Crippen molar-refractivity contribution in [2.75, 3.05) is 13.7 Å². The quantitative estimate of drug-likeness (QED) is 0.834. The summed E-state index contributed by atoms with van der Waals surface area (Å²) in [5.41, 5.74) is 3.13.